The van der Waals surface area contributed by atoms with E-state index in [1.54, 1.807) is 6.07 Å². The highest BCUT2D eigenvalue weighted by molar-refractivity contribution is 6.43. The van der Waals surface area contributed by atoms with Crippen molar-refractivity contribution in [3.8, 4) is 0 Å². The van der Waals surface area contributed by atoms with Crippen LogP contribution in [0.25, 0.3) is 0 Å². The third-order valence-electron chi connectivity index (χ3n) is 5.95. The second-order valence-electron chi connectivity index (χ2n) is 8.36. The second kappa shape index (κ2) is 9.15. The summed E-state index contributed by atoms with van der Waals surface area (Å²) < 4.78 is 29.9. The monoisotopic (exact) mass is 491 g/mol. The average molecular weight is 491 g/mol. The van der Waals surface area contributed by atoms with E-state index in [1.165, 1.54) is 17.0 Å². The zero-order valence-corrected chi connectivity index (χ0v) is 18.9. The van der Waals surface area contributed by atoms with Gasteiger partial charge in [0.05, 0.1) is 0 Å². The lowest BCUT2D eigenvalue weighted by Crippen LogP contribution is -2.52. The number of hydrogen-bond donors (Lipinski definition) is 1. The van der Waals surface area contributed by atoms with E-state index in [0.717, 1.165) is 12.1 Å². The zero-order chi connectivity index (χ0) is 25.7. The van der Waals surface area contributed by atoms with Gasteiger partial charge in [-0.05, 0) is 23.6 Å². The minimum Gasteiger partial charge on any atom is -0.387 e. The maximum absolute atomic E-state index is 15.0. The van der Waals surface area contributed by atoms with Gasteiger partial charge < -0.3 is 9.71 Å². The first-order valence-electron chi connectivity index (χ1n) is 10.5. The summed E-state index contributed by atoms with van der Waals surface area (Å²) in [5.41, 5.74) is -0.541. The summed E-state index contributed by atoms with van der Waals surface area (Å²) in [4.78, 5) is 50.6. The van der Waals surface area contributed by atoms with Crippen LogP contribution in [0, 0.1) is 0 Å². The molecular formula is C22H15B3ClF2N3O4. The maximum Gasteiger partial charge on any atom is 0.347 e. The quantitative estimate of drug-likeness (QED) is 0.468. The van der Waals surface area contributed by atoms with Crippen LogP contribution < -0.4 is 16.2 Å². The van der Waals surface area contributed by atoms with Gasteiger partial charge in [0.25, 0.3) is 11.8 Å². The molecule has 1 fully saturated rings. The van der Waals surface area contributed by atoms with Gasteiger partial charge in [-0.15, -0.1) is 0 Å². The molecular weight excluding hydrogens is 476 g/mol. The smallest absolute Gasteiger partial charge is 0.347 e. The number of carbonyl (C=O) groups is 4. The van der Waals surface area contributed by atoms with Crippen LogP contribution in [0.4, 0.5) is 8.78 Å². The molecule has 0 spiro atoms. The fraction of sp³-hybridized carbons (Fsp3) is 0.273. The Hall–Kier alpha value is -3.14. The van der Waals surface area contributed by atoms with Crippen molar-refractivity contribution >= 4 is 69.8 Å². The van der Waals surface area contributed by atoms with E-state index >= 15 is 0 Å². The van der Waals surface area contributed by atoms with Crippen molar-refractivity contribution in [2.24, 2.45) is 0 Å². The Morgan fingerprint density at radius 2 is 1.83 bits per heavy atom. The number of benzene rings is 2. The first kappa shape index (κ1) is 25.0. The summed E-state index contributed by atoms with van der Waals surface area (Å²) in [7, 11) is 16.9. The molecule has 172 valence electrons. The molecule has 2 heterocycles. The Balaban J connectivity index is 1.51. The molecule has 0 bridgehead atoms. The number of imide groups is 1. The Kier molecular flexibility index (Phi) is 6.53. The third-order valence-corrected chi connectivity index (χ3v) is 6.17. The van der Waals surface area contributed by atoms with E-state index in [-0.39, 0.29) is 30.3 Å². The van der Waals surface area contributed by atoms with E-state index in [9.17, 15) is 28.0 Å². The average Bonchev–Trinajstić information content (AvgIpc) is 3.07. The van der Waals surface area contributed by atoms with Crippen LogP contribution in [0.1, 0.15) is 39.9 Å². The van der Waals surface area contributed by atoms with Gasteiger partial charge in [0.2, 0.25) is 19.8 Å². The number of carbonyl (C=O) groups excluding carboxylic acids is 4. The molecule has 1 atom stereocenters. The van der Waals surface area contributed by atoms with Crippen molar-refractivity contribution in [2.45, 2.75) is 37.9 Å². The molecule has 0 aromatic heterocycles. The minimum atomic E-state index is -4.12. The van der Waals surface area contributed by atoms with Crippen LogP contribution in [0.3, 0.4) is 0 Å². The first-order valence-corrected chi connectivity index (χ1v) is 10.8. The summed E-state index contributed by atoms with van der Waals surface area (Å²) >= 11 is 5.76. The highest BCUT2D eigenvalue weighted by Crippen LogP contribution is 2.31. The number of nitrogens with one attached hydrogen (secondary N) is 1. The number of piperidine rings is 1. The molecule has 2 aromatic carbocycles. The van der Waals surface area contributed by atoms with E-state index in [0.29, 0.717) is 21.5 Å². The Morgan fingerprint density at radius 1 is 1.17 bits per heavy atom. The SMILES string of the molecule is [B]c1cc(Cl)cc([B])c1C(F)(F)C(=O)N([B])Cc1ccc2c(c1)CN(C1CCC(=O)NC1=O)C2=O. The Labute approximate surface area is 208 Å². The van der Waals surface area contributed by atoms with Gasteiger partial charge >= 0.3 is 5.92 Å². The van der Waals surface area contributed by atoms with Gasteiger partial charge in [-0.3, -0.25) is 24.5 Å². The van der Waals surface area contributed by atoms with Crippen molar-refractivity contribution in [3.05, 3.63) is 57.6 Å². The Bertz CT molecular complexity index is 1250. The van der Waals surface area contributed by atoms with E-state index in [1.807, 2.05) is 0 Å². The number of rotatable bonds is 5. The third kappa shape index (κ3) is 4.59. The predicted octanol–water partition coefficient (Wildman–Crippen LogP) is -0.107. The molecule has 1 saturated heterocycles. The van der Waals surface area contributed by atoms with Crippen molar-refractivity contribution in [3.63, 3.8) is 0 Å². The number of amides is 4. The molecule has 4 rings (SSSR count). The number of alkyl halides is 2. The molecule has 4 amide bonds. The molecule has 2 aliphatic rings. The highest BCUT2D eigenvalue weighted by atomic mass is 35.5. The van der Waals surface area contributed by atoms with Gasteiger partial charge in [-0.1, -0.05) is 46.8 Å². The van der Waals surface area contributed by atoms with Crippen LogP contribution in [-0.2, 0) is 33.4 Å². The van der Waals surface area contributed by atoms with Gasteiger partial charge in [0.1, 0.15) is 21.7 Å². The number of halogens is 3. The summed E-state index contributed by atoms with van der Waals surface area (Å²) in [6.45, 7) is -0.317. The maximum atomic E-state index is 15.0. The molecule has 35 heavy (non-hydrogen) atoms. The number of nitrogens with zero attached hydrogens (tertiary/aromatic N) is 2. The number of hydrogen-bond acceptors (Lipinski definition) is 4. The van der Waals surface area contributed by atoms with Gasteiger partial charge in [-0.2, -0.15) is 8.78 Å². The highest BCUT2D eigenvalue weighted by Gasteiger charge is 2.44. The first-order chi connectivity index (χ1) is 16.4. The van der Waals surface area contributed by atoms with Gasteiger partial charge in [0, 0.05) is 35.7 Å². The molecule has 2 aromatic rings. The van der Waals surface area contributed by atoms with Crippen LogP contribution in [0.15, 0.2) is 30.3 Å². The number of fused-ring (bicyclic) bond motifs is 1. The molecule has 6 radical (unpaired) electrons. The molecule has 1 N–H and O–H groups in total. The van der Waals surface area contributed by atoms with Gasteiger partial charge in [0.15, 0.2) is 0 Å². The summed E-state index contributed by atoms with van der Waals surface area (Å²) in [5, 5.41) is 2.25. The largest absolute Gasteiger partial charge is 0.387 e. The lowest BCUT2D eigenvalue weighted by atomic mass is 9.78. The molecule has 0 saturated carbocycles. The molecule has 1 unspecified atom stereocenters. The van der Waals surface area contributed by atoms with E-state index in [2.05, 4.69) is 5.32 Å². The van der Waals surface area contributed by atoms with E-state index in [4.69, 9.17) is 35.3 Å². The van der Waals surface area contributed by atoms with Crippen LogP contribution in [-0.4, -0.2) is 63.1 Å². The molecule has 2 aliphatic heterocycles. The molecule has 13 heteroatoms. The van der Waals surface area contributed by atoms with E-state index < -0.39 is 52.7 Å². The van der Waals surface area contributed by atoms with Crippen molar-refractivity contribution in [2.75, 3.05) is 0 Å². The summed E-state index contributed by atoms with van der Waals surface area (Å²) in [6, 6.07) is 5.82. The van der Waals surface area contributed by atoms with Crippen LogP contribution in [0.2, 0.25) is 5.02 Å². The van der Waals surface area contributed by atoms with Crippen LogP contribution in [0.5, 0.6) is 0 Å². The lowest BCUT2D eigenvalue weighted by Gasteiger charge is -2.29. The lowest BCUT2D eigenvalue weighted by molar-refractivity contribution is -0.154. The topological polar surface area (TPSA) is 86.8 Å². The summed E-state index contributed by atoms with van der Waals surface area (Å²) in [6.07, 6.45) is 0.317. The normalized spacial score (nSPS) is 17.9. The van der Waals surface area contributed by atoms with Crippen LogP contribution >= 0.6 is 11.6 Å². The fourth-order valence-corrected chi connectivity index (χ4v) is 4.53. The Morgan fingerprint density at radius 3 is 2.46 bits per heavy atom. The van der Waals surface area contributed by atoms with Crippen molar-refractivity contribution in [1.82, 2.24) is 15.0 Å². The molecule has 0 aliphatic carbocycles. The predicted molar refractivity (Wildman–Crippen MR) is 125 cm³/mol. The van der Waals surface area contributed by atoms with Crippen molar-refractivity contribution in [1.29, 1.82) is 0 Å². The minimum absolute atomic E-state index is 0.0376. The fourth-order valence-electron chi connectivity index (χ4n) is 4.29. The summed E-state index contributed by atoms with van der Waals surface area (Å²) in [5.74, 6) is -7.20. The second-order valence-corrected chi connectivity index (χ2v) is 8.79. The van der Waals surface area contributed by atoms with Gasteiger partial charge in [-0.25, -0.2) is 0 Å². The standard InChI is InChI=1S/C22H15B3ClF2N3O4/c23-14-6-12(26)7-15(24)18(14)22(27,28)21(35)31(25)8-10-1-2-13-11(5-10)9-30(20(13)34)16-3-4-17(32)29-19(16)33/h1-2,5-7,16H,3-4,8-9H2,(H,29,32,33). The molecule has 7 nitrogen and oxygen atoms in total. The zero-order valence-electron chi connectivity index (χ0n) is 18.2. The van der Waals surface area contributed by atoms with Crippen molar-refractivity contribution < 1.29 is 28.0 Å².